The van der Waals surface area contributed by atoms with E-state index < -0.39 is 35.7 Å². The fraction of sp³-hybridized carbons (Fsp3) is 0.346. The summed E-state index contributed by atoms with van der Waals surface area (Å²) in [4.78, 5) is 33.2. The van der Waals surface area contributed by atoms with E-state index in [9.17, 15) is 22.8 Å². The minimum Gasteiger partial charge on any atom is -0.449 e. The van der Waals surface area contributed by atoms with Crippen molar-refractivity contribution in [3.8, 4) is 11.5 Å². The van der Waals surface area contributed by atoms with Crippen LogP contribution in [0.2, 0.25) is 0 Å². The van der Waals surface area contributed by atoms with Crippen LogP contribution in [0.1, 0.15) is 47.6 Å². The van der Waals surface area contributed by atoms with Crippen LogP contribution in [0.3, 0.4) is 0 Å². The van der Waals surface area contributed by atoms with Crippen LogP contribution in [0.25, 0.3) is 11.5 Å². The minimum absolute atomic E-state index is 0.0333. The molecule has 0 fully saturated rings. The number of alkyl halides is 3. The van der Waals surface area contributed by atoms with Crippen LogP contribution in [0.5, 0.6) is 0 Å². The molecule has 190 valence electrons. The molecule has 0 saturated heterocycles. The molecule has 36 heavy (non-hydrogen) atoms. The molecule has 1 aromatic heterocycles. The lowest BCUT2D eigenvalue weighted by atomic mass is 10.00. The lowest BCUT2D eigenvalue weighted by molar-refractivity contribution is -0.153. The van der Waals surface area contributed by atoms with Gasteiger partial charge in [0.1, 0.15) is 0 Å². The first-order valence-electron chi connectivity index (χ1n) is 11.6. The zero-order valence-corrected chi connectivity index (χ0v) is 20.3. The van der Waals surface area contributed by atoms with E-state index >= 15 is 0 Å². The molecule has 2 amide bonds. The van der Waals surface area contributed by atoms with E-state index in [-0.39, 0.29) is 19.0 Å². The summed E-state index contributed by atoms with van der Waals surface area (Å²) < 4.78 is 52.1. The monoisotopic (exact) mass is 501 g/mol. The van der Waals surface area contributed by atoms with Gasteiger partial charge in [-0.2, -0.15) is 13.2 Å². The molecule has 2 aromatic carbocycles. The highest BCUT2D eigenvalue weighted by Crippen LogP contribution is 2.41. The number of halogens is 3. The van der Waals surface area contributed by atoms with Crippen molar-refractivity contribution < 1.29 is 31.9 Å². The maximum absolute atomic E-state index is 13.9. The highest BCUT2D eigenvalue weighted by molar-refractivity contribution is 6.10. The molecule has 4 rings (SSSR count). The van der Waals surface area contributed by atoms with Gasteiger partial charge in [-0.25, -0.2) is 9.78 Å². The zero-order chi connectivity index (χ0) is 26.2. The highest BCUT2D eigenvalue weighted by atomic mass is 19.4. The third kappa shape index (κ3) is 4.55. The zero-order valence-electron chi connectivity index (χ0n) is 20.3. The van der Waals surface area contributed by atoms with Crippen molar-refractivity contribution in [2.45, 2.75) is 46.3 Å². The van der Waals surface area contributed by atoms with Gasteiger partial charge in [0.25, 0.3) is 5.91 Å². The second kappa shape index (κ2) is 9.67. The first-order valence-corrected chi connectivity index (χ1v) is 11.6. The Morgan fingerprint density at radius 3 is 2.31 bits per heavy atom. The molecule has 7 nitrogen and oxygen atoms in total. The molecule has 0 radical (unpaired) electrons. The second-order valence-electron chi connectivity index (χ2n) is 8.53. The number of hydrogen-bond donors (Lipinski definition) is 0. The summed E-state index contributed by atoms with van der Waals surface area (Å²) in [5, 5.41) is 0. The van der Waals surface area contributed by atoms with E-state index in [4.69, 9.17) is 9.15 Å². The smallest absolute Gasteiger partial charge is 0.449 e. The average molecular weight is 502 g/mol. The Hall–Kier alpha value is -3.82. The molecule has 1 unspecified atom stereocenters. The molecule has 0 bridgehead atoms. The maximum Gasteiger partial charge on any atom is 0.452 e. The van der Waals surface area contributed by atoms with E-state index in [2.05, 4.69) is 4.98 Å². The predicted octanol–water partition coefficient (Wildman–Crippen LogP) is 6.38. The third-order valence-corrected chi connectivity index (χ3v) is 6.19. The van der Waals surface area contributed by atoms with Crippen LogP contribution in [0.15, 0.2) is 46.9 Å². The Kier molecular flexibility index (Phi) is 6.79. The number of anilines is 2. The fourth-order valence-corrected chi connectivity index (χ4v) is 4.22. The van der Waals surface area contributed by atoms with Gasteiger partial charge < -0.3 is 14.1 Å². The van der Waals surface area contributed by atoms with Crippen LogP contribution in [0, 0.1) is 13.8 Å². The van der Waals surface area contributed by atoms with Crippen LogP contribution in [-0.2, 0) is 10.9 Å². The average Bonchev–Trinajstić information content (AvgIpc) is 3.30. The minimum atomic E-state index is -4.94. The van der Waals surface area contributed by atoms with Crippen molar-refractivity contribution in [2.24, 2.45) is 0 Å². The lowest BCUT2D eigenvalue weighted by Gasteiger charge is -2.41. The third-order valence-electron chi connectivity index (χ3n) is 6.19. The number of ether oxygens (including phenoxy) is 1. The number of aryl methyl sites for hydroxylation is 2. The molecular weight excluding hydrogens is 475 g/mol. The van der Waals surface area contributed by atoms with Gasteiger partial charge in [-0.1, -0.05) is 25.1 Å². The fourth-order valence-electron chi connectivity index (χ4n) is 4.22. The molecular formula is C26H26F3N3O4. The second-order valence-corrected chi connectivity index (χ2v) is 8.53. The van der Waals surface area contributed by atoms with Crippen molar-refractivity contribution in [3.05, 3.63) is 65.0 Å². The number of fused-ring (bicyclic) bond motifs is 1. The van der Waals surface area contributed by atoms with E-state index in [1.165, 1.54) is 9.80 Å². The number of oxazole rings is 1. The van der Waals surface area contributed by atoms with E-state index in [0.29, 0.717) is 23.4 Å². The number of nitrogens with zero attached hydrogens (tertiary/aromatic N) is 3. The Balaban J connectivity index is 1.86. The molecule has 3 aromatic rings. The topological polar surface area (TPSA) is 75.9 Å². The van der Waals surface area contributed by atoms with Gasteiger partial charge in [-0.3, -0.25) is 9.69 Å². The summed E-state index contributed by atoms with van der Waals surface area (Å²) in [6, 6.07) is 11.0. The molecule has 10 heteroatoms. The summed E-state index contributed by atoms with van der Waals surface area (Å²) in [5.74, 6) is -2.72. The summed E-state index contributed by atoms with van der Waals surface area (Å²) in [6.07, 6.45) is -5.08. The van der Waals surface area contributed by atoms with Crippen LogP contribution in [-0.4, -0.2) is 36.2 Å². The van der Waals surface area contributed by atoms with Crippen molar-refractivity contribution in [2.75, 3.05) is 23.0 Å². The van der Waals surface area contributed by atoms with Crippen molar-refractivity contribution >= 4 is 23.4 Å². The first-order chi connectivity index (χ1) is 17.1. The number of benzene rings is 2. The normalized spacial score (nSPS) is 15.6. The van der Waals surface area contributed by atoms with Gasteiger partial charge in [0.2, 0.25) is 11.7 Å². The number of carbonyl (C=O) groups excluding carboxylic acids is 2. The Bertz CT molecular complexity index is 1290. The molecule has 1 aliphatic heterocycles. The quantitative estimate of drug-likeness (QED) is 0.415. The Morgan fingerprint density at radius 2 is 1.72 bits per heavy atom. The number of carbonyl (C=O) groups is 2. The van der Waals surface area contributed by atoms with Crippen LogP contribution >= 0.6 is 0 Å². The standard InChI is InChI=1S/C26H26F3N3O4/c1-5-18-14-31(19-12-15(3)16(4)13-20(19)32(18)25(34)35-6-2)24(33)21-22(26(27,28)29)36-23(30-21)17-10-8-7-9-11-17/h7-13,18H,5-6,14H2,1-4H3. The van der Waals surface area contributed by atoms with Gasteiger partial charge in [0, 0.05) is 12.1 Å². The molecule has 0 saturated carbocycles. The lowest BCUT2D eigenvalue weighted by Crippen LogP contribution is -2.53. The number of amides is 2. The summed E-state index contributed by atoms with van der Waals surface area (Å²) in [7, 11) is 0. The van der Waals surface area contributed by atoms with Crippen LogP contribution in [0.4, 0.5) is 29.3 Å². The first kappa shape index (κ1) is 25.3. The van der Waals surface area contributed by atoms with E-state index in [1.807, 2.05) is 20.8 Å². The molecule has 0 N–H and O–H groups in total. The molecule has 0 spiro atoms. The van der Waals surface area contributed by atoms with Crippen molar-refractivity contribution in [1.29, 1.82) is 0 Å². The van der Waals surface area contributed by atoms with Gasteiger partial charge >= 0.3 is 12.3 Å². The van der Waals surface area contributed by atoms with E-state index in [0.717, 1.165) is 11.1 Å². The van der Waals surface area contributed by atoms with E-state index in [1.54, 1.807) is 49.4 Å². The van der Waals surface area contributed by atoms with Gasteiger partial charge in [-0.05, 0) is 62.6 Å². The number of hydrogen-bond acceptors (Lipinski definition) is 5. The Morgan fingerprint density at radius 1 is 1.08 bits per heavy atom. The van der Waals surface area contributed by atoms with Gasteiger partial charge in [-0.15, -0.1) is 0 Å². The summed E-state index contributed by atoms with van der Waals surface area (Å²) in [6.45, 7) is 7.32. The molecule has 1 atom stereocenters. The Labute approximate surface area is 206 Å². The summed E-state index contributed by atoms with van der Waals surface area (Å²) in [5.41, 5.74) is 1.85. The van der Waals surface area contributed by atoms with Crippen LogP contribution < -0.4 is 9.80 Å². The molecule has 2 heterocycles. The maximum atomic E-state index is 13.9. The molecule has 0 aliphatic carbocycles. The number of aromatic nitrogens is 1. The highest BCUT2D eigenvalue weighted by Gasteiger charge is 2.45. The SMILES string of the molecule is CCOC(=O)N1c2cc(C)c(C)cc2N(C(=O)c2nc(-c3ccccc3)oc2C(F)(F)F)CC1CC. The largest absolute Gasteiger partial charge is 0.452 e. The van der Waals surface area contributed by atoms with Gasteiger partial charge in [0.15, 0.2) is 5.69 Å². The number of rotatable bonds is 4. The van der Waals surface area contributed by atoms with Crippen molar-refractivity contribution in [1.82, 2.24) is 4.98 Å². The summed E-state index contributed by atoms with van der Waals surface area (Å²) >= 11 is 0. The van der Waals surface area contributed by atoms with Gasteiger partial charge in [0.05, 0.1) is 24.0 Å². The van der Waals surface area contributed by atoms with Crippen molar-refractivity contribution in [3.63, 3.8) is 0 Å². The molecule has 1 aliphatic rings. The predicted molar refractivity (Wildman–Crippen MR) is 128 cm³/mol.